The summed E-state index contributed by atoms with van der Waals surface area (Å²) >= 11 is 12.5. The maximum atomic E-state index is 14.1. The average molecular weight is 651 g/mol. The fourth-order valence-electron chi connectivity index (χ4n) is 4.24. The first-order valence-corrected chi connectivity index (χ1v) is 15.6. The van der Waals surface area contributed by atoms with Crippen LogP contribution in [0.3, 0.4) is 0 Å². The molecule has 0 fully saturated rings. The zero-order valence-corrected chi connectivity index (χ0v) is 27.6. The zero-order valence-electron chi connectivity index (χ0n) is 25.3. The number of rotatable bonds is 11. The molecule has 0 spiro atoms. The van der Waals surface area contributed by atoms with E-state index >= 15 is 0 Å². The minimum atomic E-state index is -4.26. The van der Waals surface area contributed by atoms with Crippen LogP contribution in [-0.2, 0) is 26.2 Å². The molecular weight excluding hydrogens is 613 g/mol. The van der Waals surface area contributed by atoms with Gasteiger partial charge in [-0.1, -0.05) is 47.0 Å². The van der Waals surface area contributed by atoms with Crippen LogP contribution in [-0.4, -0.2) is 57.5 Å². The molecule has 0 aliphatic heterocycles. The summed E-state index contributed by atoms with van der Waals surface area (Å²) < 4.78 is 39.9. The molecule has 0 unspecified atom stereocenters. The number of halogens is 2. The Morgan fingerprint density at radius 1 is 0.930 bits per heavy atom. The lowest BCUT2D eigenvalue weighted by Crippen LogP contribution is -2.54. The van der Waals surface area contributed by atoms with Crippen molar-refractivity contribution in [1.29, 1.82) is 0 Å². The van der Waals surface area contributed by atoms with E-state index in [9.17, 15) is 18.0 Å². The topological polar surface area (TPSA) is 105 Å². The van der Waals surface area contributed by atoms with Crippen LogP contribution >= 0.6 is 23.2 Å². The number of aryl methyl sites for hydroxylation is 1. The number of benzene rings is 3. The molecule has 0 saturated heterocycles. The Kier molecular flexibility index (Phi) is 11.0. The van der Waals surface area contributed by atoms with Gasteiger partial charge in [-0.05, 0) is 76.6 Å². The molecule has 3 aromatic carbocycles. The van der Waals surface area contributed by atoms with E-state index < -0.39 is 40.0 Å². The van der Waals surface area contributed by atoms with E-state index in [4.69, 9.17) is 32.7 Å². The Bertz CT molecular complexity index is 1570. The third-order valence-corrected chi connectivity index (χ3v) is 8.94. The van der Waals surface area contributed by atoms with Gasteiger partial charge in [-0.3, -0.25) is 13.9 Å². The highest BCUT2D eigenvalue weighted by molar-refractivity contribution is 7.92. The number of sulfonamides is 1. The van der Waals surface area contributed by atoms with Crippen LogP contribution in [0, 0.1) is 6.92 Å². The summed E-state index contributed by atoms with van der Waals surface area (Å²) in [5, 5.41) is 3.60. The van der Waals surface area contributed by atoms with Gasteiger partial charge in [0.2, 0.25) is 11.8 Å². The first-order chi connectivity index (χ1) is 20.1. The first-order valence-electron chi connectivity index (χ1n) is 13.4. The minimum Gasteiger partial charge on any atom is -0.493 e. The van der Waals surface area contributed by atoms with Gasteiger partial charge in [-0.2, -0.15) is 0 Å². The number of nitrogens with one attached hydrogen (secondary N) is 1. The average Bonchev–Trinajstić information content (AvgIpc) is 2.94. The summed E-state index contributed by atoms with van der Waals surface area (Å²) in [7, 11) is -1.37. The molecule has 232 valence electrons. The summed E-state index contributed by atoms with van der Waals surface area (Å²) in [6, 6.07) is 14.7. The Morgan fingerprint density at radius 3 is 2.12 bits per heavy atom. The number of carbonyl (C=O) groups excluding carboxylic acids is 2. The van der Waals surface area contributed by atoms with Crippen LogP contribution in [0.4, 0.5) is 5.69 Å². The fraction of sp³-hybridized carbons (Fsp3) is 0.355. The summed E-state index contributed by atoms with van der Waals surface area (Å²) in [5.41, 5.74) is 1.01. The van der Waals surface area contributed by atoms with Gasteiger partial charge in [-0.25, -0.2) is 8.42 Å². The lowest BCUT2D eigenvalue weighted by molar-refractivity contribution is -0.140. The van der Waals surface area contributed by atoms with Crippen molar-refractivity contribution in [3.8, 4) is 11.5 Å². The van der Waals surface area contributed by atoms with Gasteiger partial charge >= 0.3 is 0 Å². The third kappa shape index (κ3) is 8.55. The van der Waals surface area contributed by atoms with Crippen molar-refractivity contribution in [2.24, 2.45) is 0 Å². The molecule has 0 heterocycles. The minimum absolute atomic E-state index is 0.00787. The third-order valence-electron chi connectivity index (χ3n) is 6.56. The van der Waals surface area contributed by atoms with Crippen molar-refractivity contribution in [1.82, 2.24) is 10.2 Å². The molecule has 1 atom stereocenters. The van der Waals surface area contributed by atoms with Crippen molar-refractivity contribution >= 4 is 50.7 Å². The lowest BCUT2D eigenvalue weighted by Gasteiger charge is -2.33. The monoisotopic (exact) mass is 649 g/mol. The highest BCUT2D eigenvalue weighted by atomic mass is 35.5. The van der Waals surface area contributed by atoms with Crippen LogP contribution in [0.1, 0.15) is 38.8 Å². The summed E-state index contributed by atoms with van der Waals surface area (Å²) in [6.45, 7) is 8.21. The summed E-state index contributed by atoms with van der Waals surface area (Å²) in [4.78, 5) is 28.7. The molecule has 0 bridgehead atoms. The van der Waals surface area contributed by atoms with Crippen molar-refractivity contribution in [3.63, 3.8) is 0 Å². The molecule has 0 aliphatic carbocycles. The van der Waals surface area contributed by atoms with Crippen LogP contribution in [0.5, 0.6) is 11.5 Å². The smallest absolute Gasteiger partial charge is 0.264 e. The SMILES string of the molecule is COc1ccc(N(CC(=O)N(Cc2ccc(Cl)cc2Cl)[C@H](C)C(=O)NC(C)(C)C)S(=O)(=O)c2ccc(C)cc2)cc1OC. The second-order valence-electron chi connectivity index (χ2n) is 11.0. The predicted molar refractivity (Wildman–Crippen MR) is 170 cm³/mol. The maximum Gasteiger partial charge on any atom is 0.264 e. The van der Waals surface area contributed by atoms with E-state index in [1.54, 1.807) is 43.3 Å². The van der Waals surface area contributed by atoms with E-state index in [0.717, 1.165) is 9.87 Å². The number of carbonyl (C=O) groups is 2. The molecule has 0 radical (unpaired) electrons. The highest BCUT2D eigenvalue weighted by Crippen LogP contribution is 2.34. The molecular formula is C31H37Cl2N3O6S. The van der Waals surface area contributed by atoms with Crippen LogP contribution in [0.25, 0.3) is 0 Å². The number of amides is 2. The number of anilines is 1. The largest absolute Gasteiger partial charge is 0.493 e. The molecule has 43 heavy (non-hydrogen) atoms. The Hall–Kier alpha value is -3.47. The van der Waals surface area contributed by atoms with Gasteiger partial charge in [0.25, 0.3) is 10.0 Å². The van der Waals surface area contributed by atoms with Crippen LogP contribution < -0.4 is 19.1 Å². The second-order valence-corrected chi connectivity index (χ2v) is 13.7. The van der Waals surface area contributed by atoms with E-state index in [1.807, 2.05) is 27.7 Å². The molecule has 0 aliphatic rings. The van der Waals surface area contributed by atoms with Gasteiger partial charge in [0.05, 0.1) is 24.8 Å². The molecule has 1 N–H and O–H groups in total. The maximum absolute atomic E-state index is 14.1. The van der Waals surface area contributed by atoms with Gasteiger partial charge < -0.3 is 19.7 Å². The lowest BCUT2D eigenvalue weighted by atomic mass is 10.1. The molecule has 12 heteroatoms. The first kappa shape index (κ1) is 34.0. The van der Waals surface area contributed by atoms with Gasteiger partial charge in [0.1, 0.15) is 12.6 Å². The Morgan fingerprint density at radius 2 is 1.56 bits per heavy atom. The highest BCUT2D eigenvalue weighted by Gasteiger charge is 2.34. The van der Waals surface area contributed by atoms with Gasteiger partial charge in [-0.15, -0.1) is 0 Å². The van der Waals surface area contributed by atoms with Crippen molar-refractivity contribution in [3.05, 3.63) is 81.8 Å². The van der Waals surface area contributed by atoms with Crippen molar-refractivity contribution < 1.29 is 27.5 Å². The number of hydrogen-bond donors (Lipinski definition) is 1. The number of methoxy groups -OCH3 is 2. The number of ether oxygens (including phenoxy) is 2. The van der Waals surface area contributed by atoms with Crippen LogP contribution in [0.15, 0.2) is 65.6 Å². The summed E-state index contributed by atoms with van der Waals surface area (Å²) in [5.74, 6) is -0.380. The van der Waals surface area contributed by atoms with Gasteiger partial charge in [0, 0.05) is 28.2 Å². The molecule has 3 aromatic rings. The van der Waals surface area contributed by atoms with E-state index in [2.05, 4.69) is 5.32 Å². The van der Waals surface area contributed by atoms with Gasteiger partial charge in [0.15, 0.2) is 11.5 Å². The molecule has 3 rings (SSSR count). The number of nitrogens with zero attached hydrogens (tertiary/aromatic N) is 2. The van der Waals surface area contributed by atoms with E-state index in [1.165, 1.54) is 43.4 Å². The summed E-state index contributed by atoms with van der Waals surface area (Å²) in [6.07, 6.45) is 0. The number of hydrogen-bond acceptors (Lipinski definition) is 6. The quantitative estimate of drug-likeness (QED) is 0.280. The van der Waals surface area contributed by atoms with E-state index in [-0.39, 0.29) is 22.9 Å². The van der Waals surface area contributed by atoms with Crippen molar-refractivity contribution in [2.45, 2.75) is 57.6 Å². The fourth-order valence-corrected chi connectivity index (χ4v) is 6.11. The zero-order chi connectivity index (χ0) is 32.1. The molecule has 0 saturated carbocycles. The van der Waals surface area contributed by atoms with E-state index in [0.29, 0.717) is 21.4 Å². The normalized spacial score (nSPS) is 12.3. The Balaban J connectivity index is 2.12. The molecule has 0 aromatic heterocycles. The van der Waals surface area contributed by atoms with Crippen LogP contribution in [0.2, 0.25) is 10.0 Å². The predicted octanol–water partition coefficient (Wildman–Crippen LogP) is 5.85. The van der Waals surface area contributed by atoms with Crippen molar-refractivity contribution in [2.75, 3.05) is 25.1 Å². The standard InChI is InChI=1S/C31H37Cl2N3O6S/c1-20-8-13-25(14-9-20)43(39,40)36(24-12-15-27(41-6)28(17-24)42-7)19-29(37)35(21(2)30(38)34-31(3,4)5)18-22-10-11-23(32)16-26(22)33/h8-17,21H,18-19H2,1-7H3,(H,34,38)/t21-/m1/s1. The Labute approximate surface area is 263 Å². The molecule has 9 nitrogen and oxygen atoms in total. The molecule has 2 amide bonds. The second kappa shape index (κ2) is 13.9.